The lowest BCUT2D eigenvalue weighted by Crippen LogP contribution is -2.20. The van der Waals surface area contributed by atoms with Gasteiger partial charge in [0.15, 0.2) is 6.61 Å². The lowest BCUT2D eigenvalue weighted by Gasteiger charge is -2.07. The van der Waals surface area contributed by atoms with E-state index in [0.717, 1.165) is 17.2 Å². The third kappa shape index (κ3) is 3.14. The summed E-state index contributed by atoms with van der Waals surface area (Å²) < 4.78 is 26.4. The minimum Gasteiger partial charge on any atom is -0.481 e. The summed E-state index contributed by atoms with van der Waals surface area (Å²) >= 11 is 1.09. The minimum absolute atomic E-state index is 0.159. The Morgan fingerprint density at radius 1 is 1.19 bits per heavy atom. The molecule has 106 valence electrons. The molecule has 0 saturated heterocycles. The predicted molar refractivity (Wildman–Crippen MR) is 77.9 cm³/mol. The fraction of sp³-hybridized carbons (Fsp3) is 0.0714. The number of aromatic nitrogens is 2. The molecule has 0 atom stereocenters. The summed E-state index contributed by atoms with van der Waals surface area (Å²) in [6.07, 6.45) is 0. The fourth-order valence-electron chi connectivity index (χ4n) is 1.77. The van der Waals surface area contributed by atoms with E-state index >= 15 is 0 Å². The van der Waals surface area contributed by atoms with E-state index in [-0.39, 0.29) is 18.3 Å². The third-order valence-corrected chi connectivity index (χ3v) is 3.28. The van der Waals surface area contributed by atoms with Crippen LogP contribution in [0.5, 0.6) is 5.75 Å². The van der Waals surface area contributed by atoms with Crippen LogP contribution in [-0.4, -0.2) is 21.3 Å². The molecule has 0 unspecified atom stereocenters. The largest absolute Gasteiger partial charge is 0.481 e. The Kier molecular flexibility index (Phi) is 3.74. The number of rotatable bonds is 4. The van der Waals surface area contributed by atoms with Crippen LogP contribution in [-0.2, 0) is 4.79 Å². The Hall–Kier alpha value is -2.54. The van der Waals surface area contributed by atoms with Crippen molar-refractivity contribution in [3.8, 4) is 5.75 Å². The smallest absolute Gasteiger partial charge is 0.262 e. The van der Waals surface area contributed by atoms with E-state index in [1.807, 2.05) is 6.07 Å². The average Bonchev–Trinajstić information content (AvgIpc) is 2.96. The number of nitrogens with zero attached hydrogens (tertiary/aromatic N) is 2. The van der Waals surface area contributed by atoms with Crippen LogP contribution in [0, 0.1) is 5.82 Å². The molecule has 1 amide bonds. The van der Waals surface area contributed by atoms with Crippen LogP contribution in [0.4, 0.5) is 10.1 Å². The number of carbonyl (C=O) groups is 1. The van der Waals surface area contributed by atoms with Crippen molar-refractivity contribution in [1.29, 1.82) is 0 Å². The molecule has 2 aromatic carbocycles. The zero-order valence-corrected chi connectivity index (χ0v) is 11.6. The summed E-state index contributed by atoms with van der Waals surface area (Å²) in [5.41, 5.74) is 1.88. The highest BCUT2D eigenvalue weighted by molar-refractivity contribution is 7.00. The fourth-order valence-corrected chi connectivity index (χ4v) is 2.31. The van der Waals surface area contributed by atoms with Crippen molar-refractivity contribution in [3.05, 3.63) is 48.3 Å². The second-order valence-electron chi connectivity index (χ2n) is 4.23. The van der Waals surface area contributed by atoms with E-state index in [4.69, 9.17) is 4.74 Å². The molecule has 5 nitrogen and oxygen atoms in total. The first-order chi connectivity index (χ1) is 10.2. The van der Waals surface area contributed by atoms with Gasteiger partial charge in [-0.15, -0.1) is 0 Å². The second-order valence-corrected chi connectivity index (χ2v) is 4.76. The van der Waals surface area contributed by atoms with Crippen molar-refractivity contribution in [2.24, 2.45) is 0 Å². The first-order valence-electron chi connectivity index (χ1n) is 6.12. The molecular formula is C14H10FN3O2S. The van der Waals surface area contributed by atoms with Gasteiger partial charge >= 0.3 is 0 Å². The molecule has 7 heteroatoms. The van der Waals surface area contributed by atoms with Gasteiger partial charge in [0.25, 0.3) is 5.91 Å². The number of benzene rings is 2. The number of hydrogen-bond donors (Lipinski definition) is 1. The quantitative estimate of drug-likeness (QED) is 0.805. The zero-order valence-electron chi connectivity index (χ0n) is 10.7. The molecular weight excluding hydrogens is 293 g/mol. The van der Waals surface area contributed by atoms with Crippen LogP contribution in [0.25, 0.3) is 11.0 Å². The van der Waals surface area contributed by atoms with Gasteiger partial charge in [-0.05, 0) is 36.4 Å². The molecule has 0 spiro atoms. The normalized spacial score (nSPS) is 10.5. The van der Waals surface area contributed by atoms with Crippen molar-refractivity contribution < 1.29 is 13.9 Å². The van der Waals surface area contributed by atoms with Gasteiger partial charge in [-0.1, -0.05) is 6.07 Å². The number of hydrogen-bond acceptors (Lipinski definition) is 5. The van der Waals surface area contributed by atoms with Crippen LogP contribution in [0.1, 0.15) is 0 Å². The number of nitrogens with one attached hydrogen (secondary N) is 1. The average molecular weight is 303 g/mol. The van der Waals surface area contributed by atoms with Gasteiger partial charge in [0.2, 0.25) is 0 Å². The summed E-state index contributed by atoms with van der Waals surface area (Å²) in [5.74, 6) is -0.177. The molecule has 3 rings (SSSR count). The molecule has 1 aromatic heterocycles. The van der Waals surface area contributed by atoms with E-state index in [2.05, 4.69) is 14.1 Å². The molecule has 0 aliphatic heterocycles. The van der Waals surface area contributed by atoms with E-state index in [1.54, 1.807) is 12.1 Å². The van der Waals surface area contributed by atoms with Crippen molar-refractivity contribution in [2.75, 3.05) is 11.9 Å². The molecule has 0 fully saturated rings. The maximum absolute atomic E-state index is 12.8. The maximum atomic E-state index is 12.8. The number of anilines is 1. The van der Waals surface area contributed by atoms with E-state index < -0.39 is 0 Å². The molecule has 0 bridgehead atoms. The van der Waals surface area contributed by atoms with Gasteiger partial charge < -0.3 is 10.1 Å². The second kappa shape index (κ2) is 5.84. The number of halogens is 1. The van der Waals surface area contributed by atoms with Crippen LogP contribution in [0.3, 0.4) is 0 Å². The van der Waals surface area contributed by atoms with Crippen LogP contribution >= 0.6 is 11.7 Å². The summed E-state index contributed by atoms with van der Waals surface area (Å²) in [6, 6.07) is 10.9. The first-order valence-corrected chi connectivity index (χ1v) is 6.85. The van der Waals surface area contributed by atoms with Crippen LogP contribution < -0.4 is 10.1 Å². The lowest BCUT2D eigenvalue weighted by molar-refractivity contribution is -0.118. The van der Waals surface area contributed by atoms with Crippen molar-refractivity contribution >= 4 is 34.4 Å². The van der Waals surface area contributed by atoms with E-state index in [0.29, 0.717) is 17.0 Å². The van der Waals surface area contributed by atoms with Crippen molar-refractivity contribution in [1.82, 2.24) is 8.75 Å². The van der Waals surface area contributed by atoms with Crippen molar-refractivity contribution in [3.63, 3.8) is 0 Å². The number of amides is 1. The van der Waals surface area contributed by atoms with Gasteiger partial charge in [-0.3, -0.25) is 4.79 Å². The van der Waals surface area contributed by atoms with Crippen LogP contribution in [0.15, 0.2) is 42.5 Å². The van der Waals surface area contributed by atoms with Gasteiger partial charge in [0.1, 0.15) is 22.6 Å². The SMILES string of the molecule is O=C(COc1cccc2nsnc12)Nc1ccc(F)cc1. The highest BCUT2D eigenvalue weighted by atomic mass is 32.1. The zero-order chi connectivity index (χ0) is 14.7. The van der Waals surface area contributed by atoms with Gasteiger partial charge in [-0.2, -0.15) is 8.75 Å². The van der Waals surface area contributed by atoms with Crippen molar-refractivity contribution in [2.45, 2.75) is 0 Å². The molecule has 0 saturated carbocycles. The highest BCUT2D eigenvalue weighted by Gasteiger charge is 2.08. The van der Waals surface area contributed by atoms with Gasteiger partial charge in [-0.25, -0.2) is 4.39 Å². The minimum atomic E-state index is -0.355. The molecule has 0 radical (unpaired) electrons. The third-order valence-electron chi connectivity index (χ3n) is 2.74. The Balaban J connectivity index is 1.63. The first kappa shape index (κ1) is 13.4. The van der Waals surface area contributed by atoms with Gasteiger partial charge in [0, 0.05) is 5.69 Å². The summed E-state index contributed by atoms with van der Waals surface area (Å²) in [6.45, 7) is -0.159. The lowest BCUT2D eigenvalue weighted by atomic mass is 10.3. The maximum Gasteiger partial charge on any atom is 0.262 e. The molecule has 0 aliphatic carbocycles. The summed E-state index contributed by atoms with van der Waals surface area (Å²) in [7, 11) is 0. The standard InChI is InChI=1S/C14H10FN3O2S/c15-9-4-6-10(7-5-9)16-13(19)8-20-12-3-1-2-11-14(12)18-21-17-11/h1-7H,8H2,(H,16,19). The molecule has 1 N–H and O–H groups in total. The molecule has 3 aromatic rings. The summed E-state index contributed by atoms with van der Waals surface area (Å²) in [5, 5.41) is 2.62. The Morgan fingerprint density at radius 2 is 2.00 bits per heavy atom. The number of ether oxygens (including phenoxy) is 1. The Morgan fingerprint density at radius 3 is 2.81 bits per heavy atom. The monoisotopic (exact) mass is 303 g/mol. The summed E-state index contributed by atoms with van der Waals surface area (Å²) in [4.78, 5) is 11.8. The topological polar surface area (TPSA) is 64.1 Å². The van der Waals surface area contributed by atoms with E-state index in [1.165, 1.54) is 24.3 Å². The Bertz CT molecular complexity index is 773. The molecule has 0 aliphatic rings. The van der Waals surface area contributed by atoms with Gasteiger partial charge in [0.05, 0.1) is 11.7 Å². The van der Waals surface area contributed by atoms with Crippen LogP contribution in [0.2, 0.25) is 0 Å². The number of carbonyl (C=O) groups excluding carboxylic acids is 1. The highest BCUT2D eigenvalue weighted by Crippen LogP contribution is 2.23. The number of fused-ring (bicyclic) bond motifs is 1. The molecule has 1 heterocycles. The Labute approximate surface area is 123 Å². The van der Waals surface area contributed by atoms with E-state index in [9.17, 15) is 9.18 Å². The molecule has 21 heavy (non-hydrogen) atoms. The predicted octanol–water partition coefficient (Wildman–Crippen LogP) is 2.85.